The number of hydrogen-bond donors (Lipinski definition) is 0. The van der Waals surface area contributed by atoms with Crippen LogP contribution in [-0.2, 0) is 4.74 Å². The molecule has 0 unspecified atom stereocenters. The Kier molecular flexibility index (Phi) is 26.7. The van der Waals surface area contributed by atoms with Crippen LogP contribution < -0.4 is 20.9 Å². The number of nitrogens with zero attached hydrogens (tertiary/aromatic N) is 8. The molecular weight excluding hydrogens is 1310 g/mol. The van der Waals surface area contributed by atoms with Gasteiger partial charge in [0.1, 0.15) is 70.8 Å². The third kappa shape index (κ3) is 17.7. The molecule has 9 aliphatic rings. The summed E-state index contributed by atoms with van der Waals surface area (Å²) in [5.41, 5.74) is 0.00746. The highest BCUT2D eigenvalue weighted by Gasteiger charge is 2.40. The molecule has 1 saturated heterocycles. The van der Waals surface area contributed by atoms with Gasteiger partial charge in [-0.2, -0.15) is 42.1 Å². The molecule has 0 aromatic heterocycles. The second-order valence-electron chi connectivity index (χ2n) is 17.7. The summed E-state index contributed by atoms with van der Waals surface area (Å²) in [6.07, 6.45) is 2.56. The number of benzene rings is 2. The lowest BCUT2D eigenvalue weighted by Gasteiger charge is -2.24. The van der Waals surface area contributed by atoms with Gasteiger partial charge >= 0.3 is 0 Å². The molecule has 0 radical (unpaired) electrons. The van der Waals surface area contributed by atoms with Gasteiger partial charge < -0.3 is 4.74 Å². The van der Waals surface area contributed by atoms with Gasteiger partial charge in [0.25, 0.3) is 0 Å². The average Bonchev–Trinajstić information content (AvgIpc) is 4.35. The first-order valence-corrected chi connectivity index (χ1v) is 38.3. The molecule has 0 N–H and O–H groups in total. The van der Waals surface area contributed by atoms with Crippen molar-refractivity contribution in [2.75, 3.05) is 13.2 Å². The monoisotopic (exact) mass is 1360 g/mol. The summed E-state index contributed by atoms with van der Waals surface area (Å²) < 4.78 is 23.5. The van der Waals surface area contributed by atoms with Crippen molar-refractivity contribution in [2.24, 2.45) is 0 Å². The molecule has 9 nitrogen and oxygen atoms in total. The van der Waals surface area contributed by atoms with E-state index < -0.39 is 0 Å². The number of hydrogen-bond acceptors (Lipinski definition) is 25. The number of ether oxygens (including phenoxy) is 1. The number of nitriles is 8. The van der Waals surface area contributed by atoms with E-state index in [1.807, 2.05) is 94.1 Å². The van der Waals surface area contributed by atoms with Crippen LogP contribution in [0.4, 0.5) is 0 Å². The van der Waals surface area contributed by atoms with Crippen molar-refractivity contribution in [3.05, 3.63) is 120 Å². The minimum atomic E-state index is 0.00187. The zero-order valence-corrected chi connectivity index (χ0v) is 57.6. The Labute approximate surface area is 543 Å². The molecule has 0 bridgehead atoms. The molecule has 8 atom stereocenters. The lowest BCUT2D eigenvalue weighted by molar-refractivity contribution is 0.198. The molecule has 414 valence electrons. The molecule has 0 spiro atoms. The smallest absolute Gasteiger partial charge is 0.136 e. The van der Waals surface area contributed by atoms with E-state index in [2.05, 4.69) is 149 Å². The van der Waals surface area contributed by atoms with Crippen LogP contribution in [0.1, 0.15) is 68.2 Å². The van der Waals surface area contributed by atoms with E-state index in [0.717, 1.165) is 55.2 Å². The maximum atomic E-state index is 8.63. The molecule has 0 aliphatic carbocycles. The van der Waals surface area contributed by atoms with Crippen molar-refractivity contribution in [1.29, 1.82) is 42.1 Å². The summed E-state index contributed by atoms with van der Waals surface area (Å²) in [4.78, 5) is 0. The Morgan fingerprint density at radius 1 is 0.284 bits per heavy atom. The molecular formula is C56H48N8OS16. The molecule has 9 aliphatic heterocycles. The van der Waals surface area contributed by atoms with E-state index in [-0.39, 0.29) is 22.3 Å². The second-order valence-corrected chi connectivity index (χ2v) is 40.1. The van der Waals surface area contributed by atoms with Crippen molar-refractivity contribution < 1.29 is 4.74 Å². The number of thioether (sulfide) groups is 16. The summed E-state index contributed by atoms with van der Waals surface area (Å²) in [5.74, 6) is 0. The first-order chi connectivity index (χ1) is 39.0. The molecule has 81 heavy (non-hydrogen) atoms. The SMILES string of the molecule is C1CCOC1.C[C@@H]1SC2=C(SC(=C3SC4=C(S3)S[C@@H](C)[C@H](C)S4)S2)S[C@H]1C.C[C@@H]1SC2=C(SC(=C3SC4=C(S3)S[C@@H](C)[C@H](C)S4)S2)S[C@H]1C.N#CC(C#N)=c1ccc(=C(C#N)C#N)cc1.N#CC(C#N)=c1ccc(=C(C#N)C#N)cc1. The van der Waals surface area contributed by atoms with Gasteiger partial charge in [-0.25, -0.2) is 0 Å². The van der Waals surface area contributed by atoms with Gasteiger partial charge in [0.05, 0.1) is 50.8 Å². The van der Waals surface area contributed by atoms with Crippen LogP contribution in [-0.4, -0.2) is 55.2 Å². The molecule has 0 amide bonds. The quantitative estimate of drug-likeness (QED) is 0.241. The molecule has 11 rings (SSSR count). The summed E-state index contributed by atoms with van der Waals surface area (Å²) in [5, 5.41) is 76.8. The lowest BCUT2D eigenvalue weighted by Crippen LogP contribution is -2.14. The van der Waals surface area contributed by atoms with Gasteiger partial charge in [0.15, 0.2) is 0 Å². The Hall–Kier alpha value is -2.16. The highest BCUT2D eigenvalue weighted by atomic mass is 32.3. The standard InChI is InChI=1S/2C14H16S8.2C12H4N4.C4H8O/c2*1-5-6(2)16-10-9(15-5)19-13(20-10)14-21-11-12(22-14)18-8(4)7(3)17-11;2*13-5-11(6-14)9-1-2-10(4-3-9)12(7-15)8-16;1-2-4-5-3-1/h2*5-8H,1-4H3;2*1-4H;1-4H2/t2*5-,6-,7-,8-;;;/m00.../s1. The predicted octanol–water partition coefficient (Wildman–Crippen LogP) is 16.6. The van der Waals surface area contributed by atoms with E-state index in [4.69, 9.17) is 46.8 Å². The van der Waals surface area contributed by atoms with Crippen LogP contribution in [0, 0.1) is 90.6 Å². The fourth-order valence-electron chi connectivity index (χ4n) is 6.85. The first kappa shape index (κ1) is 66.4. The fourth-order valence-corrected chi connectivity index (χ4v) is 33.3. The molecule has 2 aromatic carbocycles. The molecule has 0 saturated carbocycles. The van der Waals surface area contributed by atoms with Crippen LogP contribution in [0.5, 0.6) is 0 Å². The third-order valence-corrected chi connectivity index (χ3v) is 38.0. The van der Waals surface area contributed by atoms with E-state index in [0.29, 0.717) is 20.9 Å². The molecule has 1 fully saturated rings. The fraction of sp³-hybridized carbons (Fsp3) is 0.357. The predicted molar refractivity (Wildman–Crippen MR) is 369 cm³/mol. The largest absolute Gasteiger partial charge is 0.381 e. The van der Waals surface area contributed by atoms with Gasteiger partial charge in [-0.15, -0.1) is 94.1 Å². The van der Waals surface area contributed by atoms with Crippen LogP contribution in [0.2, 0.25) is 0 Å². The minimum absolute atomic E-state index is 0.00187. The Morgan fingerprint density at radius 3 is 0.543 bits per heavy atom. The van der Waals surface area contributed by atoms with Crippen molar-refractivity contribution in [1.82, 2.24) is 0 Å². The van der Waals surface area contributed by atoms with Crippen molar-refractivity contribution >= 4 is 210 Å². The zero-order valence-electron chi connectivity index (χ0n) is 44.6. The Balaban J connectivity index is 0.000000153. The van der Waals surface area contributed by atoms with Gasteiger partial charge in [-0.3, -0.25) is 0 Å². The van der Waals surface area contributed by atoms with Gasteiger partial charge in [0, 0.05) is 76.1 Å². The highest BCUT2D eigenvalue weighted by molar-refractivity contribution is 8.47. The summed E-state index contributed by atoms with van der Waals surface area (Å²) in [6.45, 7) is 20.9. The van der Waals surface area contributed by atoms with E-state index >= 15 is 0 Å². The normalized spacial score (nSPS) is 25.6. The second kappa shape index (κ2) is 32.5. The summed E-state index contributed by atoms with van der Waals surface area (Å²) in [6, 6.07) is 26.4. The number of rotatable bonds is 0. The molecule has 2 aromatic rings. The Bertz CT molecular complexity index is 2980. The van der Waals surface area contributed by atoms with Crippen molar-refractivity contribution in [2.45, 2.75) is 110 Å². The van der Waals surface area contributed by atoms with Gasteiger partial charge in [0.2, 0.25) is 0 Å². The summed E-state index contributed by atoms with van der Waals surface area (Å²) >= 11 is 32.8. The maximum Gasteiger partial charge on any atom is 0.136 e. The van der Waals surface area contributed by atoms with E-state index in [1.165, 1.54) is 78.3 Å². The maximum absolute atomic E-state index is 8.63. The minimum Gasteiger partial charge on any atom is -0.381 e. The van der Waals surface area contributed by atoms with Crippen molar-refractivity contribution in [3.8, 4) is 48.6 Å². The Morgan fingerprint density at radius 2 is 0.432 bits per heavy atom. The third-order valence-electron chi connectivity index (χ3n) is 12.1. The van der Waals surface area contributed by atoms with Crippen molar-refractivity contribution in [3.63, 3.8) is 0 Å². The van der Waals surface area contributed by atoms with Crippen LogP contribution in [0.3, 0.4) is 0 Å². The topological polar surface area (TPSA) is 200 Å². The summed E-state index contributed by atoms with van der Waals surface area (Å²) in [7, 11) is 0. The van der Waals surface area contributed by atoms with E-state index in [1.54, 1.807) is 82.5 Å². The first-order valence-electron chi connectivity index (χ1n) is 24.7. The van der Waals surface area contributed by atoms with Crippen LogP contribution >= 0.6 is 188 Å². The van der Waals surface area contributed by atoms with Crippen LogP contribution in [0.25, 0.3) is 22.3 Å². The molecule has 25 heteroatoms. The van der Waals surface area contributed by atoms with Crippen LogP contribution in [0.15, 0.2) is 99.4 Å². The van der Waals surface area contributed by atoms with Gasteiger partial charge in [-0.1, -0.05) is 198 Å². The van der Waals surface area contributed by atoms with Gasteiger partial charge in [-0.05, 0) is 12.8 Å². The highest BCUT2D eigenvalue weighted by Crippen LogP contribution is 2.71. The van der Waals surface area contributed by atoms with E-state index in [9.17, 15) is 0 Å². The molecule has 9 heterocycles. The lowest BCUT2D eigenvalue weighted by atomic mass is 10.1. The zero-order chi connectivity index (χ0) is 58.3. The average molecular weight is 1360 g/mol.